The van der Waals surface area contributed by atoms with Crippen LogP contribution in [0.15, 0.2) is 65.7 Å². The Labute approximate surface area is 262 Å². The Hall–Kier alpha value is -4.54. The normalized spacial score (nSPS) is 21.1. The van der Waals surface area contributed by atoms with Crippen LogP contribution >= 0.6 is 22.9 Å². The van der Waals surface area contributed by atoms with Crippen molar-refractivity contribution in [3.05, 3.63) is 87.9 Å². The summed E-state index contributed by atoms with van der Waals surface area (Å²) >= 11 is 7.09. The summed E-state index contributed by atoms with van der Waals surface area (Å²) in [6.07, 6.45) is -5.32. The number of hydrogen-bond acceptors (Lipinski definition) is 11. The number of ether oxygens (including phenoxy) is 2. The summed E-state index contributed by atoms with van der Waals surface area (Å²) in [5.74, 6) is -2.46. The van der Waals surface area contributed by atoms with Crippen LogP contribution in [-0.4, -0.2) is 76.7 Å². The van der Waals surface area contributed by atoms with E-state index in [-0.39, 0.29) is 39.9 Å². The number of nitrogen functional groups attached to an aromatic ring is 1. The molecular formula is C29H24ClFN6O7S. The molecule has 1 aliphatic heterocycles. The van der Waals surface area contributed by atoms with Gasteiger partial charge >= 0.3 is 11.9 Å². The molecule has 16 heteroatoms. The second-order valence-corrected chi connectivity index (χ2v) is 11.3. The molecule has 1 saturated heterocycles. The summed E-state index contributed by atoms with van der Waals surface area (Å²) in [6, 6.07) is 13.2. The lowest BCUT2D eigenvalue weighted by Gasteiger charge is -2.30. The van der Waals surface area contributed by atoms with Crippen LogP contribution in [-0.2, 0) is 26.3 Å². The molecule has 6 rings (SSSR count). The average Bonchev–Trinajstić information content (AvgIpc) is 3.77. The highest BCUT2D eigenvalue weighted by molar-refractivity contribution is 7.07. The fourth-order valence-electron chi connectivity index (χ4n) is 5.27. The summed E-state index contributed by atoms with van der Waals surface area (Å²) in [6.45, 7) is -0.517. The molecule has 1 aliphatic rings. The number of nitrogens with zero attached hydrogens (tertiary/aromatic N) is 5. The van der Waals surface area contributed by atoms with Gasteiger partial charge in [-0.05, 0) is 34.4 Å². The predicted octanol–water partition coefficient (Wildman–Crippen LogP) is 3.72. The number of hydrogen-bond donors (Lipinski definition) is 4. The monoisotopic (exact) mass is 654 g/mol. The van der Waals surface area contributed by atoms with Crippen molar-refractivity contribution in [1.82, 2.24) is 24.5 Å². The van der Waals surface area contributed by atoms with Crippen LogP contribution in [0.1, 0.15) is 27.8 Å². The van der Waals surface area contributed by atoms with E-state index in [1.165, 1.54) is 39.2 Å². The SMILES string of the molecule is Nc1nc(Cl)nc2c1ncn2[C@@H]1O[C@H](COC(Cc2ccc(-c3ccccc3C(=O)O)cc2)(C(=O)O)c2cscn2)[C@@H](O)[C@@H]1F. The molecule has 5 aromatic rings. The minimum atomic E-state index is -2.04. The third kappa shape index (κ3) is 5.60. The quantitative estimate of drug-likeness (QED) is 0.160. The largest absolute Gasteiger partial charge is 0.479 e. The highest BCUT2D eigenvalue weighted by Gasteiger charge is 2.49. The first kappa shape index (κ1) is 30.5. The molecule has 232 valence electrons. The van der Waals surface area contributed by atoms with Gasteiger partial charge < -0.3 is 30.5 Å². The minimum Gasteiger partial charge on any atom is -0.479 e. The van der Waals surface area contributed by atoms with Gasteiger partial charge in [0.2, 0.25) is 10.9 Å². The average molecular weight is 655 g/mol. The number of aromatic carboxylic acids is 1. The van der Waals surface area contributed by atoms with Crippen molar-refractivity contribution < 1.29 is 38.8 Å². The number of nitrogens with two attached hydrogens (primary N) is 1. The maximum absolute atomic E-state index is 15.4. The molecule has 2 aromatic carbocycles. The number of halogens is 2. The summed E-state index contributed by atoms with van der Waals surface area (Å²) in [4.78, 5) is 40.8. The third-order valence-electron chi connectivity index (χ3n) is 7.55. The number of imidazole rings is 1. The molecular weight excluding hydrogens is 631 g/mol. The topological polar surface area (TPSA) is 196 Å². The summed E-state index contributed by atoms with van der Waals surface area (Å²) in [7, 11) is 0. The molecule has 5 atom stereocenters. The molecule has 0 aliphatic carbocycles. The Morgan fingerprint density at radius 3 is 2.58 bits per heavy atom. The number of fused-ring (bicyclic) bond motifs is 1. The Balaban J connectivity index is 1.26. The molecule has 0 amide bonds. The van der Waals surface area contributed by atoms with Crippen molar-refractivity contribution in [3.8, 4) is 11.1 Å². The van der Waals surface area contributed by atoms with Gasteiger partial charge in [-0.2, -0.15) is 9.97 Å². The van der Waals surface area contributed by atoms with Crippen LogP contribution in [0.4, 0.5) is 10.2 Å². The van der Waals surface area contributed by atoms with Gasteiger partial charge in [-0.3, -0.25) is 4.57 Å². The Morgan fingerprint density at radius 2 is 1.89 bits per heavy atom. The zero-order chi connectivity index (χ0) is 31.9. The van der Waals surface area contributed by atoms with Crippen molar-refractivity contribution in [1.29, 1.82) is 0 Å². The smallest absolute Gasteiger partial charge is 0.342 e. The second kappa shape index (κ2) is 12.1. The molecule has 0 spiro atoms. The van der Waals surface area contributed by atoms with Gasteiger partial charge in [0.05, 0.1) is 29.7 Å². The number of aliphatic hydroxyl groups is 1. The number of aromatic nitrogens is 5. The van der Waals surface area contributed by atoms with Gasteiger partial charge in [-0.15, -0.1) is 11.3 Å². The van der Waals surface area contributed by atoms with Gasteiger partial charge in [0.25, 0.3) is 0 Å². The van der Waals surface area contributed by atoms with E-state index in [1.807, 2.05) is 0 Å². The molecule has 0 bridgehead atoms. The first-order chi connectivity index (χ1) is 21.6. The van der Waals surface area contributed by atoms with Crippen molar-refractivity contribution in [2.24, 2.45) is 0 Å². The number of benzene rings is 2. The van der Waals surface area contributed by atoms with Crippen LogP contribution in [0.2, 0.25) is 5.28 Å². The van der Waals surface area contributed by atoms with E-state index in [4.69, 9.17) is 26.8 Å². The maximum Gasteiger partial charge on any atom is 0.342 e. The molecule has 1 unspecified atom stereocenters. The Bertz CT molecular complexity index is 1880. The van der Waals surface area contributed by atoms with Crippen molar-refractivity contribution in [2.75, 3.05) is 12.3 Å². The molecule has 1 fully saturated rings. The number of aliphatic carboxylic acids is 1. The molecule has 45 heavy (non-hydrogen) atoms. The fraction of sp³-hybridized carbons (Fsp3) is 0.241. The van der Waals surface area contributed by atoms with Gasteiger partial charge in [-0.25, -0.2) is 23.9 Å². The second-order valence-electron chi connectivity index (χ2n) is 10.2. The first-order valence-corrected chi connectivity index (χ1v) is 14.7. The van der Waals surface area contributed by atoms with Crippen LogP contribution in [0.3, 0.4) is 0 Å². The maximum atomic E-state index is 15.4. The summed E-state index contributed by atoms with van der Waals surface area (Å²) < 4.78 is 28.5. The van der Waals surface area contributed by atoms with E-state index in [0.717, 1.165) is 0 Å². The van der Waals surface area contributed by atoms with Gasteiger partial charge in [0.15, 0.2) is 23.9 Å². The van der Waals surface area contributed by atoms with E-state index in [9.17, 15) is 24.9 Å². The zero-order valence-electron chi connectivity index (χ0n) is 23.0. The molecule has 0 radical (unpaired) electrons. The third-order valence-corrected chi connectivity index (χ3v) is 8.31. The van der Waals surface area contributed by atoms with Crippen LogP contribution < -0.4 is 5.73 Å². The van der Waals surface area contributed by atoms with Crippen LogP contribution in [0, 0.1) is 0 Å². The fourth-order valence-corrected chi connectivity index (χ4v) is 6.06. The molecule has 3 aromatic heterocycles. The van der Waals surface area contributed by atoms with Crippen LogP contribution in [0.5, 0.6) is 0 Å². The molecule has 4 heterocycles. The van der Waals surface area contributed by atoms with Crippen molar-refractivity contribution >= 4 is 51.9 Å². The van der Waals surface area contributed by atoms with Crippen LogP contribution in [0.25, 0.3) is 22.3 Å². The number of thiazole rings is 1. The lowest BCUT2D eigenvalue weighted by molar-refractivity contribution is -0.177. The minimum absolute atomic E-state index is 0.0220. The van der Waals surface area contributed by atoms with E-state index in [2.05, 4.69) is 19.9 Å². The molecule has 13 nitrogen and oxygen atoms in total. The number of alkyl halides is 1. The number of rotatable bonds is 10. The Kier molecular flexibility index (Phi) is 8.20. The standard InChI is InChI=1S/C29H24ClFN6O7S/c30-28-35-23(32)21-24(36-28)37(12-33-21)25-20(31)22(38)18(44-25)10-43-29(27(41)42,19-11-45-13-34-19)9-14-5-7-15(8-6-14)16-3-1-2-4-17(16)26(39)40/h1-8,11-13,18,20,22,25,38H,9-10H2,(H,39,40)(H,41,42)(H2,32,35,36)/t18-,20+,22-,25-,29?/m1/s1. The number of carboxylic acid groups (broad SMARTS) is 2. The predicted molar refractivity (Wildman–Crippen MR) is 159 cm³/mol. The van der Waals surface area contributed by atoms with E-state index in [1.54, 1.807) is 42.5 Å². The zero-order valence-corrected chi connectivity index (χ0v) is 24.6. The number of anilines is 1. The lowest BCUT2D eigenvalue weighted by Crippen LogP contribution is -2.44. The number of aliphatic hydroxyl groups excluding tert-OH is 1. The summed E-state index contributed by atoms with van der Waals surface area (Å²) in [5.41, 5.74) is 7.40. The summed E-state index contributed by atoms with van der Waals surface area (Å²) in [5, 5.41) is 32.2. The molecule has 0 saturated carbocycles. The molecule has 5 N–H and O–H groups in total. The van der Waals surface area contributed by atoms with E-state index in [0.29, 0.717) is 16.7 Å². The van der Waals surface area contributed by atoms with E-state index >= 15 is 4.39 Å². The van der Waals surface area contributed by atoms with Crippen molar-refractivity contribution in [2.45, 2.75) is 36.6 Å². The first-order valence-electron chi connectivity index (χ1n) is 13.4. The van der Waals surface area contributed by atoms with Crippen molar-refractivity contribution in [3.63, 3.8) is 0 Å². The van der Waals surface area contributed by atoms with Gasteiger partial charge in [0, 0.05) is 11.8 Å². The lowest BCUT2D eigenvalue weighted by atomic mass is 9.90. The van der Waals surface area contributed by atoms with E-state index < -0.39 is 48.8 Å². The van der Waals surface area contributed by atoms with Gasteiger partial charge in [0.1, 0.15) is 17.7 Å². The number of carbonyl (C=O) groups is 2. The number of carboxylic acids is 2. The van der Waals surface area contributed by atoms with Gasteiger partial charge in [-0.1, -0.05) is 42.5 Å². The highest BCUT2D eigenvalue weighted by atomic mass is 35.5. The Morgan fingerprint density at radius 1 is 1.13 bits per heavy atom. The highest BCUT2D eigenvalue weighted by Crippen LogP contribution is 2.37.